The van der Waals surface area contributed by atoms with Crippen LogP contribution in [0, 0.1) is 6.92 Å². The Bertz CT molecular complexity index is 1030. The normalized spacial score (nSPS) is 14.6. The van der Waals surface area contributed by atoms with E-state index in [0.717, 1.165) is 66.7 Å². The number of nitrogens with zero attached hydrogens (tertiary/aromatic N) is 3. The van der Waals surface area contributed by atoms with Crippen LogP contribution in [0.2, 0.25) is 0 Å². The molecule has 0 aliphatic carbocycles. The lowest BCUT2D eigenvalue weighted by Gasteiger charge is -2.34. The number of rotatable bonds is 6. The molecular weight excluding hydrogens is 386 g/mol. The number of likely N-dealkylation sites (N-methyl/N-ethyl adjacent to an activating group) is 1. The third-order valence-electron chi connectivity index (χ3n) is 6.06. The van der Waals surface area contributed by atoms with Crippen molar-refractivity contribution in [3.8, 4) is 22.7 Å². The van der Waals surface area contributed by atoms with Crippen LogP contribution in [0.15, 0.2) is 60.7 Å². The molecule has 1 aliphatic heterocycles. The molecule has 2 aromatic carbocycles. The Hall–Kier alpha value is -3.05. The second-order valence-electron chi connectivity index (χ2n) is 7.86. The fourth-order valence-corrected chi connectivity index (χ4v) is 4.31. The molecule has 0 atom stereocenters. The third kappa shape index (κ3) is 4.23. The molecule has 0 bridgehead atoms. The first-order valence-electron chi connectivity index (χ1n) is 11.2. The van der Waals surface area contributed by atoms with Crippen molar-refractivity contribution in [3.63, 3.8) is 0 Å². The quantitative estimate of drug-likeness (QED) is 0.587. The van der Waals surface area contributed by atoms with E-state index in [1.54, 1.807) is 0 Å². The molecule has 0 radical (unpaired) electrons. The molecule has 0 saturated carbocycles. The van der Waals surface area contributed by atoms with Gasteiger partial charge in [-0.05, 0) is 44.2 Å². The number of hydrogen-bond donors (Lipinski definition) is 0. The van der Waals surface area contributed by atoms with Gasteiger partial charge in [0, 0.05) is 31.9 Å². The van der Waals surface area contributed by atoms with Gasteiger partial charge in [-0.1, -0.05) is 49.4 Å². The van der Waals surface area contributed by atoms with Crippen LogP contribution in [-0.2, 0) is 0 Å². The lowest BCUT2D eigenvalue weighted by atomic mass is 10.1. The highest BCUT2D eigenvalue weighted by molar-refractivity contribution is 5.97. The van der Waals surface area contributed by atoms with E-state index in [1.807, 2.05) is 61.2 Å². The predicted molar refractivity (Wildman–Crippen MR) is 125 cm³/mol. The van der Waals surface area contributed by atoms with Gasteiger partial charge in [0.25, 0.3) is 5.91 Å². The first kappa shape index (κ1) is 21.2. The SMILES string of the molecule is CCOc1ccccc1-n1c(-c2ccccc2)cc(C(=O)N2CCN(CC)CC2)c1C. The van der Waals surface area contributed by atoms with Gasteiger partial charge in [-0.3, -0.25) is 4.79 Å². The summed E-state index contributed by atoms with van der Waals surface area (Å²) in [4.78, 5) is 17.9. The Morgan fingerprint density at radius 3 is 2.29 bits per heavy atom. The van der Waals surface area contributed by atoms with Crippen LogP contribution in [0.5, 0.6) is 5.75 Å². The van der Waals surface area contributed by atoms with Crippen molar-refractivity contribution in [1.82, 2.24) is 14.4 Å². The van der Waals surface area contributed by atoms with Gasteiger partial charge in [0.05, 0.1) is 23.6 Å². The Kier molecular flexibility index (Phi) is 6.42. The highest BCUT2D eigenvalue weighted by Crippen LogP contribution is 2.34. The Balaban J connectivity index is 1.80. The van der Waals surface area contributed by atoms with Gasteiger partial charge in [0.2, 0.25) is 0 Å². The highest BCUT2D eigenvalue weighted by Gasteiger charge is 2.26. The van der Waals surface area contributed by atoms with Crippen molar-refractivity contribution in [2.24, 2.45) is 0 Å². The van der Waals surface area contributed by atoms with E-state index in [-0.39, 0.29) is 5.91 Å². The summed E-state index contributed by atoms with van der Waals surface area (Å²) >= 11 is 0. The number of carbonyl (C=O) groups excluding carboxylic acids is 1. The lowest BCUT2D eigenvalue weighted by Crippen LogP contribution is -2.48. The number of aromatic nitrogens is 1. The number of benzene rings is 2. The van der Waals surface area contributed by atoms with Gasteiger partial charge in [0.15, 0.2) is 0 Å². The number of hydrogen-bond acceptors (Lipinski definition) is 3. The van der Waals surface area contributed by atoms with E-state index < -0.39 is 0 Å². The summed E-state index contributed by atoms with van der Waals surface area (Å²) in [5.41, 5.74) is 4.73. The molecule has 2 heterocycles. The van der Waals surface area contributed by atoms with Crippen LogP contribution in [0.25, 0.3) is 16.9 Å². The largest absolute Gasteiger partial charge is 0.492 e. The molecule has 5 heteroatoms. The van der Waals surface area contributed by atoms with Gasteiger partial charge < -0.3 is 19.1 Å². The van der Waals surface area contributed by atoms with Gasteiger partial charge >= 0.3 is 0 Å². The Morgan fingerprint density at radius 2 is 1.61 bits per heavy atom. The van der Waals surface area contributed by atoms with E-state index in [2.05, 4.69) is 34.6 Å². The molecule has 1 aliphatic rings. The van der Waals surface area contributed by atoms with Gasteiger partial charge in [-0.2, -0.15) is 0 Å². The third-order valence-corrected chi connectivity index (χ3v) is 6.06. The molecule has 1 aromatic heterocycles. The van der Waals surface area contributed by atoms with E-state index in [1.165, 1.54) is 0 Å². The van der Waals surface area contributed by atoms with Crippen LogP contribution in [0.4, 0.5) is 0 Å². The molecule has 162 valence electrons. The van der Waals surface area contributed by atoms with Crippen molar-refractivity contribution < 1.29 is 9.53 Å². The summed E-state index contributed by atoms with van der Waals surface area (Å²) in [5, 5.41) is 0. The number of piperazine rings is 1. The van der Waals surface area contributed by atoms with Crippen LogP contribution in [-0.4, -0.2) is 59.6 Å². The van der Waals surface area contributed by atoms with Gasteiger partial charge in [-0.15, -0.1) is 0 Å². The van der Waals surface area contributed by atoms with Crippen molar-refractivity contribution in [1.29, 1.82) is 0 Å². The number of carbonyl (C=O) groups is 1. The molecule has 1 fully saturated rings. The number of para-hydroxylation sites is 2. The Morgan fingerprint density at radius 1 is 0.935 bits per heavy atom. The average molecular weight is 418 g/mol. The van der Waals surface area contributed by atoms with E-state index in [9.17, 15) is 4.79 Å². The predicted octanol–water partition coefficient (Wildman–Crippen LogP) is 4.63. The molecule has 4 rings (SSSR count). The smallest absolute Gasteiger partial charge is 0.255 e. The maximum absolute atomic E-state index is 13.5. The first-order chi connectivity index (χ1) is 15.1. The average Bonchev–Trinajstić information content (AvgIpc) is 3.16. The van der Waals surface area contributed by atoms with Crippen LogP contribution in [0.1, 0.15) is 29.9 Å². The number of ether oxygens (including phenoxy) is 1. The molecular formula is C26H31N3O2. The van der Waals surface area contributed by atoms with E-state index in [0.29, 0.717) is 6.61 Å². The zero-order valence-corrected chi connectivity index (χ0v) is 18.7. The molecule has 0 spiro atoms. The lowest BCUT2D eigenvalue weighted by molar-refractivity contribution is 0.0642. The zero-order chi connectivity index (χ0) is 21.8. The fourth-order valence-electron chi connectivity index (χ4n) is 4.31. The summed E-state index contributed by atoms with van der Waals surface area (Å²) in [6, 6.07) is 20.3. The minimum Gasteiger partial charge on any atom is -0.492 e. The molecule has 1 amide bonds. The van der Waals surface area contributed by atoms with E-state index >= 15 is 0 Å². The highest BCUT2D eigenvalue weighted by atomic mass is 16.5. The zero-order valence-electron chi connectivity index (χ0n) is 18.7. The standard InChI is InChI=1S/C26H31N3O2/c1-4-27-15-17-28(18-16-27)26(30)22-19-24(21-11-7-6-8-12-21)29(20(22)3)23-13-9-10-14-25(23)31-5-2/h6-14,19H,4-5,15-18H2,1-3H3. The minimum absolute atomic E-state index is 0.109. The monoisotopic (exact) mass is 417 g/mol. The second-order valence-corrected chi connectivity index (χ2v) is 7.86. The molecule has 31 heavy (non-hydrogen) atoms. The molecule has 1 saturated heterocycles. The summed E-state index contributed by atoms with van der Waals surface area (Å²) in [5.74, 6) is 0.925. The molecule has 5 nitrogen and oxygen atoms in total. The summed E-state index contributed by atoms with van der Waals surface area (Å²) in [7, 11) is 0. The maximum Gasteiger partial charge on any atom is 0.255 e. The van der Waals surface area contributed by atoms with Crippen molar-refractivity contribution in [2.45, 2.75) is 20.8 Å². The summed E-state index contributed by atoms with van der Waals surface area (Å²) in [6.07, 6.45) is 0. The summed E-state index contributed by atoms with van der Waals surface area (Å²) in [6.45, 7) is 11.2. The van der Waals surface area contributed by atoms with Gasteiger partial charge in [0.1, 0.15) is 5.75 Å². The molecule has 0 N–H and O–H groups in total. The van der Waals surface area contributed by atoms with Gasteiger partial charge in [-0.25, -0.2) is 0 Å². The number of amides is 1. The van der Waals surface area contributed by atoms with Crippen molar-refractivity contribution in [2.75, 3.05) is 39.3 Å². The van der Waals surface area contributed by atoms with Crippen molar-refractivity contribution >= 4 is 5.91 Å². The first-order valence-corrected chi connectivity index (χ1v) is 11.2. The van der Waals surface area contributed by atoms with Crippen molar-refractivity contribution in [3.05, 3.63) is 71.9 Å². The van der Waals surface area contributed by atoms with Crippen LogP contribution >= 0.6 is 0 Å². The van der Waals surface area contributed by atoms with Crippen LogP contribution in [0.3, 0.4) is 0 Å². The summed E-state index contributed by atoms with van der Waals surface area (Å²) < 4.78 is 8.09. The second kappa shape index (κ2) is 9.40. The molecule has 0 unspecified atom stereocenters. The molecule has 3 aromatic rings. The van der Waals surface area contributed by atoms with E-state index in [4.69, 9.17) is 4.74 Å². The minimum atomic E-state index is 0.109. The fraction of sp³-hybridized carbons (Fsp3) is 0.346. The topological polar surface area (TPSA) is 37.7 Å². The van der Waals surface area contributed by atoms with Crippen LogP contribution < -0.4 is 4.74 Å². The Labute approximate surface area is 184 Å². The maximum atomic E-state index is 13.5.